The molecule has 0 N–H and O–H groups in total. The SMILES string of the molecule is CC(C)N(Cc1nc2ccccc2c(=O)n1C)CC1CCCCO1. The van der Waals surface area contributed by atoms with Gasteiger partial charge in [-0.1, -0.05) is 12.1 Å². The highest BCUT2D eigenvalue weighted by atomic mass is 16.5. The van der Waals surface area contributed by atoms with Gasteiger partial charge in [-0.05, 0) is 45.2 Å². The Kier molecular flexibility index (Phi) is 5.31. The maximum absolute atomic E-state index is 12.6. The molecule has 3 rings (SSSR count). The topological polar surface area (TPSA) is 47.4 Å². The van der Waals surface area contributed by atoms with Gasteiger partial charge < -0.3 is 4.74 Å². The number of hydrogen-bond acceptors (Lipinski definition) is 4. The van der Waals surface area contributed by atoms with Gasteiger partial charge in [0.25, 0.3) is 5.56 Å². The lowest BCUT2D eigenvalue weighted by atomic mass is 10.1. The van der Waals surface area contributed by atoms with Crippen LogP contribution in [0.2, 0.25) is 0 Å². The summed E-state index contributed by atoms with van der Waals surface area (Å²) >= 11 is 0. The molecule has 0 spiro atoms. The second-order valence-electron chi connectivity index (χ2n) is 6.92. The lowest BCUT2D eigenvalue weighted by Gasteiger charge is -2.32. The highest BCUT2D eigenvalue weighted by Crippen LogP contribution is 2.17. The van der Waals surface area contributed by atoms with Gasteiger partial charge in [-0.25, -0.2) is 4.98 Å². The molecule has 130 valence electrons. The highest BCUT2D eigenvalue weighted by molar-refractivity contribution is 5.77. The third-order valence-electron chi connectivity index (χ3n) is 4.86. The fourth-order valence-electron chi connectivity index (χ4n) is 3.26. The molecule has 2 heterocycles. The number of nitrogens with zero attached hydrogens (tertiary/aromatic N) is 3. The number of rotatable bonds is 5. The number of para-hydroxylation sites is 1. The van der Waals surface area contributed by atoms with Gasteiger partial charge >= 0.3 is 0 Å². The van der Waals surface area contributed by atoms with Crippen molar-refractivity contribution in [1.29, 1.82) is 0 Å². The van der Waals surface area contributed by atoms with E-state index in [0.717, 1.165) is 30.9 Å². The van der Waals surface area contributed by atoms with Crippen molar-refractivity contribution < 1.29 is 4.74 Å². The molecule has 1 fully saturated rings. The first-order valence-corrected chi connectivity index (χ1v) is 8.86. The molecule has 1 unspecified atom stereocenters. The summed E-state index contributed by atoms with van der Waals surface area (Å²) in [7, 11) is 1.81. The van der Waals surface area contributed by atoms with E-state index in [2.05, 4.69) is 18.7 Å². The van der Waals surface area contributed by atoms with Gasteiger partial charge in [-0.3, -0.25) is 14.3 Å². The Morgan fingerprint density at radius 3 is 2.83 bits per heavy atom. The van der Waals surface area contributed by atoms with Crippen LogP contribution in [0, 0.1) is 0 Å². The molecule has 1 aromatic heterocycles. The van der Waals surface area contributed by atoms with E-state index in [1.807, 2.05) is 31.3 Å². The third kappa shape index (κ3) is 3.68. The Balaban J connectivity index is 1.85. The van der Waals surface area contributed by atoms with Crippen molar-refractivity contribution in [2.45, 2.75) is 51.8 Å². The van der Waals surface area contributed by atoms with Crippen LogP contribution in [-0.2, 0) is 18.3 Å². The molecule has 1 saturated heterocycles. The van der Waals surface area contributed by atoms with Gasteiger partial charge in [-0.2, -0.15) is 0 Å². The first-order valence-electron chi connectivity index (χ1n) is 8.86. The van der Waals surface area contributed by atoms with Gasteiger partial charge in [0, 0.05) is 26.2 Å². The van der Waals surface area contributed by atoms with Gasteiger partial charge in [0.15, 0.2) is 0 Å². The van der Waals surface area contributed by atoms with E-state index in [1.165, 1.54) is 12.8 Å². The first-order chi connectivity index (χ1) is 11.6. The van der Waals surface area contributed by atoms with Gasteiger partial charge in [0.1, 0.15) is 5.82 Å². The van der Waals surface area contributed by atoms with Crippen LogP contribution >= 0.6 is 0 Å². The van der Waals surface area contributed by atoms with Crippen molar-refractivity contribution >= 4 is 10.9 Å². The Morgan fingerprint density at radius 1 is 1.33 bits per heavy atom. The van der Waals surface area contributed by atoms with E-state index in [-0.39, 0.29) is 5.56 Å². The van der Waals surface area contributed by atoms with Crippen LogP contribution in [0.15, 0.2) is 29.1 Å². The molecular weight excluding hydrogens is 302 g/mol. The lowest BCUT2D eigenvalue weighted by molar-refractivity contribution is -0.0136. The molecule has 1 aliphatic rings. The Morgan fingerprint density at radius 2 is 2.12 bits per heavy atom. The zero-order valence-electron chi connectivity index (χ0n) is 14.9. The average molecular weight is 329 g/mol. The van der Waals surface area contributed by atoms with Gasteiger partial charge in [-0.15, -0.1) is 0 Å². The maximum atomic E-state index is 12.6. The Hall–Kier alpha value is -1.72. The van der Waals surface area contributed by atoms with E-state index in [9.17, 15) is 4.79 Å². The number of benzene rings is 1. The molecule has 0 radical (unpaired) electrons. The highest BCUT2D eigenvalue weighted by Gasteiger charge is 2.21. The molecule has 1 aliphatic heterocycles. The third-order valence-corrected chi connectivity index (χ3v) is 4.86. The summed E-state index contributed by atoms with van der Waals surface area (Å²) in [5.74, 6) is 0.809. The monoisotopic (exact) mass is 329 g/mol. The predicted octanol–water partition coefficient (Wildman–Crippen LogP) is 2.71. The number of fused-ring (bicyclic) bond motifs is 1. The minimum atomic E-state index is 0.0215. The second kappa shape index (κ2) is 7.45. The van der Waals surface area contributed by atoms with Crippen molar-refractivity contribution in [1.82, 2.24) is 14.5 Å². The number of aromatic nitrogens is 2. The van der Waals surface area contributed by atoms with Crippen LogP contribution in [0.25, 0.3) is 10.9 Å². The van der Waals surface area contributed by atoms with Crippen LogP contribution in [0.3, 0.4) is 0 Å². The van der Waals surface area contributed by atoms with Crippen molar-refractivity contribution in [2.75, 3.05) is 13.2 Å². The molecule has 0 amide bonds. The van der Waals surface area contributed by atoms with Crippen LogP contribution in [-0.4, -0.2) is 39.7 Å². The molecule has 24 heavy (non-hydrogen) atoms. The van der Waals surface area contributed by atoms with E-state index in [0.29, 0.717) is 24.1 Å². The van der Waals surface area contributed by atoms with Crippen LogP contribution in [0.4, 0.5) is 0 Å². The van der Waals surface area contributed by atoms with E-state index in [1.54, 1.807) is 4.57 Å². The number of ether oxygens (including phenoxy) is 1. The quantitative estimate of drug-likeness (QED) is 0.846. The van der Waals surface area contributed by atoms with Crippen molar-refractivity contribution in [3.63, 3.8) is 0 Å². The van der Waals surface area contributed by atoms with Crippen LogP contribution in [0.1, 0.15) is 38.9 Å². The largest absolute Gasteiger partial charge is 0.377 e. The van der Waals surface area contributed by atoms with Gasteiger partial charge in [0.2, 0.25) is 0 Å². The lowest BCUT2D eigenvalue weighted by Crippen LogP contribution is -2.40. The molecule has 2 aromatic rings. The Bertz CT molecular complexity index is 748. The van der Waals surface area contributed by atoms with E-state index >= 15 is 0 Å². The molecule has 1 atom stereocenters. The fourth-order valence-corrected chi connectivity index (χ4v) is 3.26. The summed E-state index contributed by atoms with van der Waals surface area (Å²) in [5, 5.41) is 0.676. The first kappa shape index (κ1) is 17.1. The minimum Gasteiger partial charge on any atom is -0.377 e. The average Bonchev–Trinajstić information content (AvgIpc) is 2.59. The van der Waals surface area contributed by atoms with Gasteiger partial charge in [0.05, 0.1) is 23.6 Å². The molecule has 5 nitrogen and oxygen atoms in total. The van der Waals surface area contributed by atoms with Crippen molar-refractivity contribution in [2.24, 2.45) is 7.05 Å². The van der Waals surface area contributed by atoms with Crippen LogP contribution < -0.4 is 5.56 Å². The zero-order valence-corrected chi connectivity index (χ0v) is 14.9. The molecule has 0 aliphatic carbocycles. The molecule has 0 bridgehead atoms. The molecular formula is C19H27N3O2. The van der Waals surface area contributed by atoms with E-state index < -0.39 is 0 Å². The Labute approximate surface area is 143 Å². The summed E-state index contributed by atoms with van der Waals surface area (Å²) in [6.45, 7) is 6.78. The summed E-state index contributed by atoms with van der Waals surface area (Å²) in [5.41, 5.74) is 0.793. The van der Waals surface area contributed by atoms with E-state index in [4.69, 9.17) is 9.72 Å². The van der Waals surface area contributed by atoms with Crippen LogP contribution in [0.5, 0.6) is 0 Å². The predicted molar refractivity (Wildman–Crippen MR) is 96.1 cm³/mol. The van der Waals surface area contributed by atoms with Crippen molar-refractivity contribution in [3.8, 4) is 0 Å². The minimum absolute atomic E-state index is 0.0215. The second-order valence-corrected chi connectivity index (χ2v) is 6.92. The maximum Gasteiger partial charge on any atom is 0.261 e. The molecule has 0 saturated carbocycles. The van der Waals surface area contributed by atoms with Crippen molar-refractivity contribution in [3.05, 3.63) is 40.4 Å². The number of hydrogen-bond donors (Lipinski definition) is 0. The molecule has 1 aromatic carbocycles. The summed E-state index contributed by atoms with van der Waals surface area (Å²) in [4.78, 5) is 19.7. The summed E-state index contributed by atoms with van der Waals surface area (Å²) in [6.07, 6.45) is 3.81. The fraction of sp³-hybridized carbons (Fsp3) is 0.579. The summed E-state index contributed by atoms with van der Waals surface area (Å²) < 4.78 is 7.57. The zero-order chi connectivity index (χ0) is 17.1. The normalized spacial score (nSPS) is 18.6. The smallest absolute Gasteiger partial charge is 0.261 e. The standard InChI is InChI=1S/C19H27N3O2/c1-14(2)22(12-15-8-6-7-11-24-15)13-18-20-17-10-5-4-9-16(17)19(23)21(18)3/h4-5,9-10,14-15H,6-8,11-13H2,1-3H3. The molecule has 5 heteroatoms. The summed E-state index contributed by atoms with van der Waals surface area (Å²) in [6, 6.07) is 7.92.